The van der Waals surface area contributed by atoms with E-state index in [0.29, 0.717) is 18.2 Å². The first-order valence-electron chi connectivity index (χ1n) is 6.63. The molecular weight excluding hydrogens is 268 g/mol. The first-order valence-corrected chi connectivity index (χ1v) is 6.63. The molecular formula is C15H18N4O2. The molecule has 0 saturated heterocycles. The number of nitrogens with one attached hydrogen (secondary N) is 1. The van der Waals surface area contributed by atoms with E-state index in [1.54, 1.807) is 0 Å². The largest absolute Gasteiger partial charge is 0.478 e. The van der Waals surface area contributed by atoms with Crippen molar-refractivity contribution in [2.24, 2.45) is 0 Å². The molecule has 6 nitrogen and oxygen atoms in total. The second-order valence-corrected chi connectivity index (χ2v) is 4.57. The van der Waals surface area contributed by atoms with E-state index in [1.807, 2.05) is 50.2 Å². The molecule has 1 N–H and O–H groups in total. The molecule has 1 aromatic carbocycles. The van der Waals surface area contributed by atoms with Crippen LogP contribution in [0.3, 0.4) is 0 Å². The first kappa shape index (κ1) is 14.8. The SMILES string of the molecule is CCOc1cc(C(=O)Nc2ccc(N(C)C)cc2)ncn1. The third kappa shape index (κ3) is 3.92. The number of hydrogen-bond acceptors (Lipinski definition) is 5. The Balaban J connectivity index is 2.08. The number of carbonyl (C=O) groups is 1. The van der Waals surface area contributed by atoms with Crippen molar-refractivity contribution in [3.05, 3.63) is 42.4 Å². The molecule has 110 valence electrons. The Bertz CT molecular complexity index is 611. The smallest absolute Gasteiger partial charge is 0.274 e. The highest BCUT2D eigenvalue weighted by Gasteiger charge is 2.09. The van der Waals surface area contributed by atoms with Gasteiger partial charge in [0.05, 0.1) is 6.61 Å². The zero-order valence-corrected chi connectivity index (χ0v) is 12.3. The number of nitrogens with zero attached hydrogens (tertiary/aromatic N) is 3. The zero-order valence-electron chi connectivity index (χ0n) is 12.3. The molecule has 0 aliphatic carbocycles. The van der Waals surface area contributed by atoms with Crippen LogP contribution in [0.15, 0.2) is 36.7 Å². The molecule has 1 aromatic heterocycles. The topological polar surface area (TPSA) is 67.3 Å². The lowest BCUT2D eigenvalue weighted by atomic mass is 10.2. The van der Waals surface area contributed by atoms with Gasteiger partial charge in [-0.05, 0) is 31.2 Å². The van der Waals surface area contributed by atoms with Crippen molar-refractivity contribution >= 4 is 17.3 Å². The molecule has 1 heterocycles. The molecule has 6 heteroatoms. The van der Waals surface area contributed by atoms with Crippen molar-refractivity contribution in [3.63, 3.8) is 0 Å². The van der Waals surface area contributed by atoms with E-state index in [2.05, 4.69) is 15.3 Å². The van der Waals surface area contributed by atoms with Crippen LogP contribution in [0.2, 0.25) is 0 Å². The van der Waals surface area contributed by atoms with Gasteiger partial charge in [-0.25, -0.2) is 9.97 Å². The van der Waals surface area contributed by atoms with Crippen LogP contribution < -0.4 is 15.0 Å². The quantitative estimate of drug-likeness (QED) is 0.912. The normalized spacial score (nSPS) is 10.0. The van der Waals surface area contributed by atoms with Crippen molar-refractivity contribution in [2.75, 3.05) is 30.9 Å². The van der Waals surface area contributed by atoms with Crippen molar-refractivity contribution in [3.8, 4) is 5.88 Å². The van der Waals surface area contributed by atoms with E-state index in [4.69, 9.17) is 4.74 Å². The summed E-state index contributed by atoms with van der Waals surface area (Å²) in [4.78, 5) is 22.0. The standard InChI is InChI=1S/C15H18N4O2/c1-4-21-14-9-13(16-10-17-14)15(20)18-11-5-7-12(8-6-11)19(2)3/h5-10H,4H2,1-3H3,(H,18,20). The van der Waals surface area contributed by atoms with Crippen LogP contribution in [-0.2, 0) is 0 Å². The van der Waals surface area contributed by atoms with E-state index in [1.165, 1.54) is 12.4 Å². The molecule has 1 amide bonds. The summed E-state index contributed by atoms with van der Waals surface area (Å²) < 4.78 is 5.25. The fourth-order valence-electron chi connectivity index (χ4n) is 1.73. The van der Waals surface area contributed by atoms with Crippen molar-refractivity contribution in [2.45, 2.75) is 6.92 Å². The lowest BCUT2D eigenvalue weighted by Gasteiger charge is -2.13. The molecule has 0 atom stereocenters. The Morgan fingerprint density at radius 2 is 1.95 bits per heavy atom. The highest BCUT2D eigenvalue weighted by atomic mass is 16.5. The lowest BCUT2D eigenvalue weighted by Crippen LogP contribution is -2.14. The summed E-state index contributed by atoms with van der Waals surface area (Å²) in [5.74, 6) is 0.0940. The fraction of sp³-hybridized carbons (Fsp3) is 0.267. The van der Waals surface area contributed by atoms with Crippen LogP contribution in [0.25, 0.3) is 0 Å². The van der Waals surface area contributed by atoms with Gasteiger partial charge in [0.15, 0.2) is 0 Å². The molecule has 21 heavy (non-hydrogen) atoms. The van der Waals surface area contributed by atoms with Crippen molar-refractivity contribution < 1.29 is 9.53 Å². The Kier molecular flexibility index (Phi) is 4.71. The van der Waals surface area contributed by atoms with Gasteiger partial charge >= 0.3 is 0 Å². The lowest BCUT2D eigenvalue weighted by molar-refractivity contribution is 0.102. The average Bonchev–Trinajstić information content (AvgIpc) is 2.48. The number of anilines is 2. The van der Waals surface area contributed by atoms with Crippen molar-refractivity contribution in [1.29, 1.82) is 0 Å². The summed E-state index contributed by atoms with van der Waals surface area (Å²) in [6, 6.07) is 9.07. The van der Waals surface area contributed by atoms with E-state index in [9.17, 15) is 4.79 Å². The van der Waals surface area contributed by atoms with Gasteiger partial charge in [0.25, 0.3) is 5.91 Å². The first-order chi connectivity index (χ1) is 10.1. The van der Waals surface area contributed by atoms with Gasteiger partial charge in [-0.2, -0.15) is 0 Å². The maximum atomic E-state index is 12.1. The molecule has 0 bridgehead atoms. The Morgan fingerprint density at radius 3 is 2.57 bits per heavy atom. The highest BCUT2D eigenvalue weighted by molar-refractivity contribution is 6.03. The zero-order chi connectivity index (χ0) is 15.2. The summed E-state index contributed by atoms with van der Waals surface area (Å²) in [6.07, 6.45) is 1.31. The van der Waals surface area contributed by atoms with E-state index in [-0.39, 0.29) is 11.6 Å². The minimum Gasteiger partial charge on any atom is -0.478 e. The summed E-state index contributed by atoms with van der Waals surface area (Å²) in [7, 11) is 3.92. The van der Waals surface area contributed by atoms with Crippen LogP contribution in [0, 0.1) is 0 Å². The predicted octanol–water partition coefficient (Wildman–Crippen LogP) is 2.19. The molecule has 2 aromatic rings. The second-order valence-electron chi connectivity index (χ2n) is 4.57. The van der Waals surface area contributed by atoms with E-state index >= 15 is 0 Å². The number of aromatic nitrogens is 2. The van der Waals surface area contributed by atoms with Gasteiger partial charge in [0.1, 0.15) is 12.0 Å². The predicted molar refractivity (Wildman–Crippen MR) is 81.9 cm³/mol. The third-order valence-corrected chi connectivity index (χ3v) is 2.81. The van der Waals surface area contributed by atoms with Gasteiger partial charge in [-0.15, -0.1) is 0 Å². The summed E-state index contributed by atoms with van der Waals surface area (Å²) >= 11 is 0. The summed E-state index contributed by atoms with van der Waals surface area (Å²) in [5, 5.41) is 2.79. The van der Waals surface area contributed by atoms with E-state index in [0.717, 1.165) is 5.69 Å². The van der Waals surface area contributed by atoms with Crippen LogP contribution in [0.4, 0.5) is 11.4 Å². The van der Waals surface area contributed by atoms with Crippen LogP contribution in [-0.4, -0.2) is 36.6 Å². The van der Waals surface area contributed by atoms with Gasteiger partial charge in [-0.1, -0.05) is 0 Å². The number of hydrogen-bond donors (Lipinski definition) is 1. The van der Waals surface area contributed by atoms with Gasteiger partial charge in [0.2, 0.25) is 5.88 Å². The molecule has 0 radical (unpaired) electrons. The molecule has 0 aliphatic heterocycles. The number of carbonyl (C=O) groups excluding carboxylic acids is 1. The highest BCUT2D eigenvalue weighted by Crippen LogP contribution is 2.16. The molecule has 0 unspecified atom stereocenters. The third-order valence-electron chi connectivity index (χ3n) is 2.81. The average molecular weight is 286 g/mol. The summed E-state index contributed by atoms with van der Waals surface area (Å²) in [6.45, 7) is 2.35. The van der Waals surface area contributed by atoms with Crippen LogP contribution in [0.1, 0.15) is 17.4 Å². The molecule has 0 aliphatic rings. The Morgan fingerprint density at radius 1 is 1.24 bits per heavy atom. The molecule has 0 spiro atoms. The van der Waals surface area contributed by atoms with Crippen LogP contribution >= 0.6 is 0 Å². The maximum Gasteiger partial charge on any atom is 0.274 e. The minimum atomic E-state index is -0.295. The number of rotatable bonds is 5. The maximum absolute atomic E-state index is 12.1. The molecule has 2 rings (SSSR count). The monoisotopic (exact) mass is 286 g/mol. The Labute approximate surface area is 123 Å². The summed E-state index contributed by atoms with van der Waals surface area (Å²) in [5.41, 5.74) is 2.04. The van der Waals surface area contributed by atoms with Gasteiger partial charge in [-0.3, -0.25) is 4.79 Å². The number of amides is 1. The Hall–Kier alpha value is -2.63. The fourth-order valence-corrected chi connectivity index (χ4v) is 1.73. The van der Waals surface area contributed by atoms with Gasteiger partial charge in [0, 0.05) is 31.5 Å². The van der Waals surface area contributed by atoms with Gasteiger partial charge < -0.3 is 15.0 Å². The van der Waals surface area contributed by atoms with Crippen molar-refractivity contribution in [1.82, 2.24) is 9.97 Å². The van der Waals surface area contributed by atoms with Crippen LogP contribution in [0.5, 0.6) is 5.88 Å². The minimum absolute atomic E-state index is 0.269. The number of ether oxygens (including phenoxy) is 1. The molecule has 0 saturated carbocycles. The van der Waals surface area contributed by atoms with E-state index < -0.39 is 0 Å². The number of benzene rings is 1. The molecule has 0 fully saturated rings. The second kappa shape index (κ2) is 6.69.